The molecule has 4 nitrogen and oxygen atoms in total. The number of fused-ring (bicyclic) bond motifs is 4. The molecule has 0 amide bonds. The van der Waals surface area contributed by atoms with Gasteiger partial charge in [0.05, 0.1) is 28.1 Å². The monoisotopic (exact) mass is 472 g/mol. The minimum absolute atomic E-state index is 0.649. The molecule has 4 heteroatoms. The molecule has 0 saturated heterocycles. The van der Waals surface area contributed by atoms with E-state index in [0.29, 0.717) is 5.95 Å². The molecule has 5 aromatic carbocycles. The van der Waals surface area contributed by atoms with Gasteiger partial charge in [0, 0.05) is 33.5 Å². The Morgan fingerprint density at radius 3 is 2.16 bits per heavy atom. The molecule has 0 radical (unpaired) electrons. The van der Waals surface area contributed by atoms with E-state index in [1.54, 1.807) is 0 Å². The van der Waals surface area contributed by atoms with Gasteiger partial charge < -0.3 is 0 Å². The van der Waals surface area contributed by atoms with Crippen molar-refractivity contribution in [2.75, 3.05) is 4.90 Å². The van der Waals surface area contributed by atoms with E-state index in [2.05, 4.69) is 102 Å². The van der Waals surface area contributed by atoms with Gasteiger partial charge >= 0.3 is 0 Å². The second-order valence-electron chi connectivity index (χ2n) is 9.30. The van der Waals surface area contributed by atoms with Gasteiger partial charge in [-0.2, -0.15) is 0 Å². The molecule has 0 fully saturated rings. The SMILES string of the molecule is c1ccc2c(c1)-c1cccc3cccc(c13)N2c1nc(-c2cccc3cccnc23)c2ccccc2n1. The first-order valence-corrected chi connectivity index (χ1v) is 12.4. The molecule has 0 unspecified atom stereocenters. The zero-order valence-electron chi connectivity index (χ0n) is 19.8. The summed E-state index contributed by atoms with van der Waals surface area (Å²) in [6, 6.07) is 40.0. The maximum Gasteiger partial charge on any atom is 0.235 e. The molecular formula is C33H20N4. The molecule has 172 valence electrons. The maximum absolute atomic E-state index is 5.28. The van der Waals surface area contributed by atoms with Crippen LogP contribution in [0.15, 0.2) is 121 Å². The van der Waals surface area contributed by atoms with Crippen molar-refractivity contribution >= 4 is 49.9 Å². The van der Waals surface area contributed by atoms with Crippen molar-refractivity contribution in [2.45, 2.75) is 0 Å². The summed E-state index contributed by atoms with van der Waals surface area (Å²) in [6.07, 6.45) is 1.84. The van der Waals surface area contributed by atoms with Gasteiger partial charge in [-0.15, -0.1) is 0 Å². The number of nitrogens with zero attached hydrogens (tertiary/aromatic N) is 4. The Labute approximate surface area is 213 Å². The summed E-state index contributed by atoms with van der Waals surface area (Å²) in [5.41, 5.74) is 8.30. The molecule has 1 aliphatic heterocycles. The lowest BCUT2D eigenvalue weighted by Crippen LogP contribution is -2.18. The summed E-state index contributed by atoms with van der Waals surface area (Å²) < 4.78 is 0. The summed E-state index contributed by atoms with van der Waals surface area (Å²) in [5.74, 6) is 0.649. The number of pyridine rings is 1. The molecule has 1 aliphatic rings. The number of rotatable bonds is 2. The van der Waals surface area contributed by atoms with E-state index in [9.17, 15) is 0 Å². The zero-order valence-corrected chi connectivity index (χ0v) is 19.8. The molecule has 0 N–H and O–H groups in total. The average molecular weight is 473 g/mol. The first-order valence-electron chi connectivity index (χ1n) is 12.4. The first kappa shape index (κ1) is 20.1. The molecule has 2 aromatic heterocycles. The molecule has 7 aromatic rings. The summed E-state index contributed by atoms with van der Waals surface area (Å²) in [7, 11) is 0. The van der Waals surface area contributed by atoms with Gasteiger partial charge in [-0.1, -0.05) is 91.0 Å². The van der Waals surface area contributed by atoms with Crippen LogP contribution < -0.4 is 4.90 Å². The van der Waals surface area contributed by atoms with Gasteiger partial charge in [-0.25, -0.2) is 9.97 Å². The highest BCUT2D eigenvalue weighted by Crippen LogP contribution is 2.50. The van der Waals surface area contributed by atoms with Gasteiger partial charge in [0.1, 0.15) is 0 Å². The first-order chi connectivity index (χ1) is 18.4. The second kappa shape index (κ2) is 7.70. The third-order valence-corrected chi connectivity index (χ3v) is 7.24. The van der Waals surface area contributed by atoms with Crippen molar-refractivity contribution in [3.63, 3.8) is 0 Å². The predicted molar refractivity (Wildman–Crippen MR) is 151 cm³/mol. The van der Waals surface area contributed by atoms with Crippen LogP contribution in [-0.2, 0) is 0 Å². The van der Waals surface area contributed by atoms with Crippen LogP contribution in [0.2, 0.25) is 0 Å². The minimum atomic E-state index is 0.649. The Morgan fingerprint density at radius 1 is 0.514 bits per heavy atom. The quantitative estimate of drug-likeness (QED) is 0.253. The smallest absolute Gasteiger partial charge is 0.235 e. The summed E-state index contributed by atoms with van der Waals surface area (Å²) in [6.45, 7) is 0. The number of anilines is 3. The molecule has 37 heavy (non-hydrogen) atoms. The average Bonchev–Trinajstić information content (AvgIpc) is 2.97. The predicted octanol–water partition coefficient (Wildman–Crippen LogP) is 8.45. The van der Waals surface area contributed by atoms with Gasteiger partial charge in [0.25, 0.3) is 0 Å². The fourth-order valence-electron chi connectivity index (χ4n) is 5.64. The Morgan fingerprint density at radius 2 is 1.22 bits per heavy atom. The minimum Gasteiger partial charge on any atom is -0.278 e. The van der Waals surface area contributed by atoms with E-state index in [4.69, 9.17) is 15.0 Å². The fourth-order valence-corrected chi connectivity index (χ4v) is 5.64. The van der Waals surface area contributed by atoms with E-state index in [-0.39, 0.29) is 0 Å². The van der Waals surface area contributed by atoms with Gasteiger partial charge in [-0.3, -0.25) is 9.88 Å². The van der Waals surface area contributed by atoms with Crippen LogP contribution in [0.25, 0.3) is 55.0 Å². The van der Waals surface area contributed by atoms with Crippen molar-refractivity contribution in [3.8, 4) is 22.4 Å². The van der Waals surface area contributed by atoms with Gasteiger partial charge in [0.2, 0.25) is 5.95 Å². The maximum atomic E-state index is 5.28. The molecule has 3 heterocycles. The standard InChI is InChI=1S/C33H20N4/c1-3-17-27-25(14-1)32(26-16-6-11-22-12-8-20-34-31(22)26)36-33(35-27)37-28-18-4-2-13-23(28)24-15-5-9-21-10-7-19-29(37)30(21)24/h1-20H. The lowest BCUT2D eigenvalue weighted by atomic mass is 9.91. The number of hydrogen-bond donors (Lipinski definition) is 0. The highest BCUT2D eigenvalue weighted by molar-refractivity contribution is 6.13. The fraction of sp³-hybridized carbons (Fsp3) is 0. The van der Waals surface area contributed by atoms with Gasteiger partial charge in [0.15, 0.2) is 0 Å². The van der Waals surface area contributed by atoms with E-state index < -0.39 is 0 Å². The van der Waals surface area contributed by atoms with E-state index in [1.807, 2.05) is 24.4 Å². The topological polar surface area (TPSA) is 41.9 Å². The lowest BCUT2D eigenvalue weighted by Gasteiger charge is -2.32. The van der Waals surface area contributed by atoms with E-state index in [1.165, 1.54) is 21.9 Å². The third-order valence-electron chi connectivity index (χ3n) is 7.24. The largest absolute Gasteiger partial charge is 0.278 e. The second-order valence-corrected chi connectivity index (χ2v) is 9.30. The van der Waals surface area contributed by atoms with Crippen LogP contribution in [-0.4, -0.2) is 15.0 Å². The van der Waals surface area contributed by atoms with Gasteiger partial charge in [-0.05, 0) is 35.2 Å². The van der Waals surface area contributed by atoms with Crippen LogP contribution in [0.3, 0.4) is 0 Å². The van der Waals surface area contributed by atoms with Crippen LogP contribution in [0, 0.1) is 0 Å². The lowest BCUT2D eigenvalue weighted by molar-refractivity contribution is 1.11. The van der Waals surface area contributed by atoms with Crippen LogP contribution >= 0.6 is 0 Å². The third kappa shape index (κ3) is 2.93. The van der Waals surface area contributed by atoms with E-state index >= 15 is 0 Å². The molecular weight excluding hydrogens is 452 g/mol. The highest BCUT2D eigenvalue weighted by Gasteiger charge is 2.28. The number of aromatic nitrogens is 3. The van der Waals surface area contributed by atoms with Crippen molar-refractivity contribution in [1.82, 2.24) is 15.0 Å². The van der Waals surface area contributed by atoms with Crippen molar-refractivity contribution in [1.29, 1.82) is 0 Å². The molecule has 0 saturated carbocycles. The Balaban J connectivity index is 1.48. The summed E-state index contributed by atoms with van der Waals surface area (Å²) in [5, 5.41) is 4.52. The molecule has 0 spiro atoms. The van der Waals surface area contributed by atoms with Crippen LogP contribution in [0.1, 0.15) is 0 Å². The highest BCUT2D eigenvalue weighted by atomic mass is 15.3. The normalized spacial score (nSPS) is 12.3. The zero-order chi connectivity index (χ0) is 24.3. The summed E-state index contributed by atoms with van der Waals surface area (Å²) >= 11 is 0. The molecule has 8 rings (SSSR count). The van der Waals surface area contributed by atoms with Crippen LogP contribution in [0.4, 0.5) is 17.3 Å². The van der Waals surface area contributed by atoms with Crippen molar-refractivity contribution in [3.05, 3.63) is 121 Å². The Bertz CT molecular complexity index is 2000. The van der Waals surface area contributed by atoms with Crippen molar-refractivity contribution < 1.29 is 0 Å². The summed E-state index contributed by atoms with van der Waals surface area (Å²) in [4.78, 5) is 17.3. The number of hydrogen-bond acceptors (Lipinski definition) is 4. The Hall–Kier alpha value is -5.09. The van der Waals surface area contributed by atoms with Crippen LogP contribution in [0.5, 0.6) is 0 Å². The molecule has 0 aliphatic carbocycles. The van der Waals surface area contributed by atoms with Crippen molar-refractivity contribution in [2.24, 2.45) is 0 Å². The number of para-hydroxylation sites is 3. The molecule has 0 bridgehead atoms. The van der Waals surface area contributed by atoms with E-state index in [0.717, 1.165) is 44.4 Å². The Kier molecular flexibility index (Phi) is 4.19. The molecule has 0 atom stereocenters. The number of benzene rings is 5.